The van der Waals surface area contributed by atoms with E-state index >= 15 is 0 Å². The van der Waals surface area contributed by atoms with E-state index in [9.17, 15) is 14.7 Å². The number of hydrogen-bond acceptors (Lipinski definition) is 5. The van der Waals surface area contributed by atoms with E-state index in [0.717, 1.165) is 33.5 Å². The lowest BCUT2D eigenvalue weighted by Gasteiger charge is -2.26. The smallest absolute Gasteiger partial charge is 0.300 e. The number of benzene rings is 3. The number of fused-ring (bicyclic) bond motifs is 1. The average molecular weight is 525 g/mol. The van der Waals surface area contributed by atoms with E-state index in [1.165, 1.54) is 4.90 Å². The Bertz CT molecular complexity index is 1610. The number of ether oxygens (including phenoxy) is 2. The van der Waals surface area contributed by atoms with Gasteiger partial charge in [-0.1, -0.05) is 38.1 Å². The molecular weight excluding hydrogens is 492 g/mol. The third kappa shape index (κ3) is 4.44. The predicted octanol–water partition coefficient (Wildman–Crippen LogP) is 6.63. The van der Waals surface area contributed by atoms with Gasteiger partial charge in [0.15, 0.2) is 0 Å². The second-order valence-corrected chi connectivity index (χ2v) is 9.92. The van der Waals surface area contributed by atoms with Crippen molar-refractivity contribution in [1.29, 1.82) is 0 Å². The number of aryl methyl sites for hydroxylation is 1. The molecule has 0 saturated carbocycles. The number of nitrogens with one attached hydrogen (secondary N) is 1. The quantitative estimate of drug-likeness (QED) is 0.161. The van der Waals surface area contributed by atoms with Gasteiger partial charge in [-0.2, -0.15) is 0 Å². The molecule has 0 spiro atoms. The van der Waals surface area contributed by atoms with Crippen molar-refractivity contribution < 1.29 is 24.2 Å². The summed E-state index contributed by atoms with van der Waals surface area (Å²) in [7, 11) is 1.55. The minimum atomic E-state index is -0.859. The number of ketones is 1. The number of hydrogen-bond donors (Lipinski definition) is 2. The van der Waals surface area contributed by atoms with Gasteiger partial charge >= 0.3 is 0 Å². The number of carbonyl (C=O) groups excluding carboxylic acids is 2. The first kappa shape index (κ1) is 26.1. The molecule has 1 atom stereocenters. The molecule has 5 rings (SSSR count). The van der Waals surface area contributed by atoms with Crippen molar-refractivity contribution in [1.82, 2.24) is 4.98 Å². The maximum atomic E-state index is 13.7. The van der Waals surface area contributed by atoms with Crippen LogP contribution in [0.15, 0.2) is 72.3 Å². The Balaban J connectivity index is 1.78. The van der Waals surface area contributed by atoms with Gasteiger partial charge in [-0.25, -0.2) is 0 Å². The fourth-order valence-corrected chi connectivity index (χ4v) is 5.37. The van der Waals surface area contributed by atoms with E-state index in [2.05, 4.69) is 4.98 Å². The monoisotopic (exact) mass is 524 g/mol. The van der Waals surface area contributed by atoms with Crippen LogP contribution in [0.3, 0.4) is 0 Å². The number of Topliss-reactive ketones (excluding diaryl/α,β-unsaturated/α-hetero) is 1. The molecule has 39 heavy (non-hydrogen) atoms. The molecule has 1 aromatic heterocycles. The number of aliphatic hydroxyl groups is 1. The van der Waals surface area contributed by atoms with Gasteiger partial charge in [0, 0.05) is 39.5 Å². The number of aromatic amines is 1. The average Bonchev–Trinajstić information content (AvgIpc) is 3.40. The highest BCUT2D eigenvalue weighted by molar-refractivity contribution is 6.52. The van der Waals surface area contributed by atoms with E-state index in [-0.39, 0.29) is 17.3 Å². The number of carbonyl (C=O) groups is 2. The van der Waals surface area contributed by atoms with Gasteiger partial charge < -0.3 is 19.6 Å². The number of anilines is 1. The van der Waals surface area contributed by atoms with E-state index < -0.39 is 17.7 Å². The zero-order valence-electron chi connectivity index (χ0n) is 22.7. The Morgan fingerprint density at radius 2 is 1.82 bits per heavy atom. The molecule has 1 saturated heterocycles. The molecule has 1 amide bonds. The summed E-state index contributed by atoms with van der Waals surface area (Å²) in [6, 6.07) is 19.3. The molecule has 200 valence electrons. The maximum Gasteiger partial charge on any atom is 0.300 e. The van der Waals surface area contributed by atoms with Crippen molar-refractivity contribution in [2.24, 2.45) is 0 Å². The van der Waals surface area contributed by atoms with Gasteiger partial charge in [-0.05, 0) is 61.7 Å². The fraction of sp³-hybridized carbons (Fsp3) is 0.250. The van der Waals surface area contributed by atoms with Crippen LogP contribution >= 0.6 is 0 Å². The Morgan fingerprint density at radius 1 is 1.05 bits per heavy atom. The SMILES string of the molecule is CCOc1ccc(/C(O)=C2\C(=O)C(=O)N(c3cccc(OC)c3)C2c2c(C)[nH]c3ccccc23)cc1C(C)C. The second kappa shape index (κ2) is 10.3. The molecule has 7 nitrogen and oxygen atoms in total. The minimum absolute atomic E-state index is 0.0366. The second-order valence-electron chi connectivity index (χ2n) is 9.92. The highest BCUT2D eigenvalue weighted by Crippen LogP contribution is 2.46. The van der Waals surface area contributed by atoms with Crippen LogP contribution in [0.2, 0.25) is 0 Å². The number of amides is 1. The molecule has 0 radical (unpaired) electrons. The van der Waals surface area contributed by atoms with Crippen LogP contribution in [0, 0.1) is 6.92 Å². The summed E-state index contributed by atoms with van der Waals surface area (Å²) in [6.45, 7) is 8.42. The Morgan fingerprint density at radius 3 is 2.54 bits per heavy atom. The number of H-pyrrole nitrogens is 1. The molecule has 7 heteroatoms. The summed E-state index contributed by atoms with van der Waals surface area (Å²) in [5.74, 6) is -0.287. The predicted molar refractivity (Wildman–Crippen MR) is 153 cm³/mol. The fourth-order valence-electron chi connectivity index (χ4n) is 5.37. The van der Waals surface area contributed by atoms with E-state index in [1.807, 2.05) is 58.0 Å². The van der Waals surface area contributed by atoms with Gasteiger partial charge in [-0.3, -0.25) is 14.5 Å². The van der Waals surface area contributed by atoms with Crippen molar-refractivity contribution >= 4 is 34.0 Å². The molecular formula is C32H32N2O5. The zero-order valence-corrected chi connectivity index (χ0v) is 22.7. The zero-order chi connectivity index (χ0) is 27.8. The summed E-state index contributed by atoms with van der Waals surface area (Å²) in [6.07, 6.45) is 0. The van der Waals surface area contributed by atoms with Crippen molar-refractivity contribution in [3.63, 3.8) is 0 Å². The lowest BCUT2D eigenvalue weighted by Crippen LogP contribution is -2.29. The lowest BCUT2D eigenvalue weighted by molar-refractivity contribution is -0.132. The molecule has 1 unspecified atom stereocenters. The van der Waals surface area contributed by atoms with Crippen molar-refractivity contribution in [3.05, 3.63) is 94.7 Å². The highest BCUT2D eigenvalue weighted by Gasteiger charge is 2.48. The normalized spacial score (nSPS) is 16.9. The van der Waals surface area contributed by atoms with Gasteiger partial charge in [-0.15, -0.1) is 0 Å². The molecule has 0 aliphatic carbocycles. The summed E-state index contributed by atoms with van der Waals surface area (Å²) < 4.78 is 11.2. The van der Waals surface area contributed by atoms with Gasteiger partial charge in [0.2, 0.25) is 0 Å². The molecule has 1 aliphatic heterocycles. The van der Waals surface area contributed by atoms with Crippen molar-refractivity contribution in [2.45, 2.75) is 39.7 Å². The number of aliphatic hydroxyl groups excluding tert-OH is 1. The van der Waals surface area contributed by atoms with Crippen molar-refractivity contribution in [2.75, 3.05) is 18.6 Å². The van der Waals surface area contributed by atoms with Crippen LogP contribution in [0.5, 0.6) is 11.5 Å². The van der Waals surface area contributed by atoms with Gasteiger partial charge in [0.05, 0.1) is 25.3 Å². The molecule has 2 heterocycles. The van der Waals surface area contributed by atoms with Crippen LogP contribution in [-0.2, 0) is 9.59 Å². The van der Waals surface area contributed by atoms with Gasteiger partial charge in [0.1, 0.15) is 17.3 Å². The summed E-state index contributed by atoms with van der Waals surface area (Å²) in [5.41, 5.74) is 4.33. The van der Waals surface area contributed by atoms with Crippen LogP contribution in [0.4, 0.5) is 5.69 Å². The first-order valence-corrected chi connectivity index (χ1v) is 13.1. The third-order valence-electron chi connectivity index (χ3n) is 7.20. The third-order valence-corrected chi connectivity index (χ3v) is 7.20. The minimum Gasteiger partial charge on any atom is -0.507 e. The van der Waals surface area contributed by atoms with E-state index in [4.69, 9.17) is 9.47 Å². The van der Waals surface area contributed by atoms with Crippen molar-refractivity contribution in [3.8, 4) is 11.5 Å². The lowest BCUT2D eigenvalue weighted by atomic mass is 9.91. The molecule has 1 aliphatic rings. The molecule has 4 aromatic rings. The number of nitrogens with zero attached hydrogens (tertiary/aromatic N) is 1. The summed E-state index contributed by atoms with van der Waals surface area (Å²) >= 11 is 0. The number of rotatable bonds is 7. The van der Waals surface area contributed by atoms with E-state index in [1.54, 1.807) is 43.5 Å². The molecule has 2 N–H and O–H groups in total. The van der Waals surface area contributed by atoms with Crippen LogP contribution in [0.25, 0.3) is 16.7 Å². The Kier molecular flexibility index (Phi) is 6.91. The van der Waals surface area contributed by atoms with Crippen LogP contribution < -0.4 is 14.4 Å². The van der Waals surface area contributed by atoms with E-state index in [0.29, 0.717) is 23.6 Å². The summed E-state index contributed by atoms with van der Waals surface area (Å²) in [5, 5.41) is 12.6. The standard InChI is InChI=1S/C32H32N2O5/c1-6-39-26-15-14-20(16-24(26)18(2)3)30(35)28-29(27-19(4)33-25-13-8-7-12-23(25)27)34(32(37)31(28)36)21-10-9-11-22(17-21)38-5/h7-18,29,33,35H,6H2,1-5H3/b30-28+. The topological polar surface area (TPSA) is 91.9 Å². The van der Waals surface area contributed by atoms with Crippen LogP contribution in [0.1, 0.15) is 55.1 Å². The molecule has 1 fully saturated rings. The maximum absolute atomic E-state index is 13.7. The molecule has 3 aromatic carbocycles. The Hall–Kier alpha value is -4.52. The summed E-state index contributed by atoms with van der Waals surface area (Å²) in [4.78, 5) is 32.2. The van der Waals surface area contributed by atoms with Gasteiger partial charge in [0.25, 0.3) is 11.7 Å². The number of aromatic nitrogens is 1. The van der Waals surface area contributed by atoms with Crippen LogP contribution in [-0.4, -0.2) is 35.5 Å². The Labute approximate surface area is 227 Å². The highest BCUT2D eigenvalue weighted by atomic mass is 16.5. The number of methoxy groups -OCH3 is 1. The first-order chi connectivity index (χ1) is 18.8. The number of para-hydroxylation sites is 1. The largest absolute Gasteiger partial charge is 0.507 e. The first-order valence-electron chi connectivity index (χ1n) is 13.1. The molecule has 0 bridgehead atoms.